The van der Waals surface area contributed by atoms with E-state index in [4.69, 9.17) is 12.6 Å². The van der Waals surface area contributed by atoms with E-state index in [-0.39, 0.29) is 44.1 Å². The molecule has 1 aromatic heterocycles. The number of anilines is 9. The minimum Gasteiger partial charge on any atom is -0.468 e. The molecule has 11 rings (SSSR count). The zero-order chi connectivity index (χ0) is 57.3. The Morgan fingerprint density at radius 1 is 0.522 bits per heavy atom. The van der Waals surface area contributed by atoms with Gasteiger partial charge in [-0.15, -0.1) is 0 Å². The lowest BCUT2D eigenvalue weighted by Gasteiger charge is -2.47. The first kappa shape index (κ1) is 34.8. The highest BCUT2D eigenvalue weighted by Crippen LogP contribution is 2.53. The van der Waals surface area contributed by atoms with Crippen LogP contribution in [-0.2, 0) is 27.1 Å². The van der Waals surface area contributed by atoms with Crippen molar-refractivity contribution in [1.29, 1.82) is 0 Å². The van der Waals surface area contributed by atoms with Gasteiger partial charge in [0.05, 0.1) is 30.7 Å². The summed E-state index contributed by atoms with van der Waals surface area (Å²) >= 11 is 0. The van der Waals surface area contributed by atoms with Gasteiger partial charge in [-0.2, -0.15) is 0 Å². The summed E-state index contributed by atoms with van der Waals surface area (Å²) in [6.07, 6.45) is 1.96. The quantitative estimate of drug-likeness (QED) is 0.161. The second-order valence-corrected chi connectivity index (χ2v) is 23.9. The minimum absolute atomic E-state index is 0.168. The van der Waals surface area contributed by atoms with Crippen LogP contribution in [0.2, 0.25) is 0 Å². The van der Waals surface area contributed by atoms with Crippen molar-refractivity contribution in [3.8, 4) is 0 Å². The van der Waals surface area contributed by atoms with Gasteiger partial charge in [-0.25, -0.2) is 0 Å². The Morgan fingerprint density at radius 2 is 0.986 bits per heavy atom. The number of nitrogens with zero attached hydrogens (tertiary/aromatic N) is 3. The molecule has 0 radical (unpaired) electrons. The predicted octanol–water partition coefficient (Wildman–Crippen LogP) is 16.2. The first-order valence-electron chi connectivity index (χ1n) is 29.4. The number of furan rings is 1. The summed E-state index contributed by atoms with van der Waals surface area (Å²) in [6.45, 7) is 28.4. The van der Waals surface area contributed by atoms with Crippen LogP contribution >= 0.6 is 0 Å². The van der Waals surface area contributed by atoms with E-state index in [0.717, 1.165) is 74.3 Å². The molecule has 3 aliphatic rings. The zero-order valence-corrected chi connectivity index (χ0v) is 42.4. The van der Waals surface area contributed by atoms with Gasteiger partial charge in [0.25, 0.3) is 6.71 Å². The van der Waals surface area contributed by atoms with Crippen molar-refractivity contribution in [2.24, 2.45) is 0 Å². The molecule has 8 aromatic rings. The molecular formula is C64H68BN3O. The van der Waals surface area contributed by atoms with Gasteiger partial charge < -0.3 is 19.1 Å². The summed E-state index contributed by atoms with van der Waals surface area (Å²) in [6, 6.07) is 25.9. The van der Waals surface area contributed by atoms with E-state index < -0.39 is 67.1 Å². The normalized spacial score (nSPS) is 18.0. The highest BCUT2D eigenvalue weighted by molar-refractivity contribution is 7.00. The maximum atomic E-state index is 9.56. The third-order valence-corrected chi connectivity index (χ3v) is 15.1. The molecule has 0 unspecified atom stereocenters. The molecule has 3 heterocycles. The molecule has 5 heteroatoms. The highest BCUT2D eigenvalue weighted by atomic mass is 16.3. The number of rotatable bonds is 5. The van der Waals surface area contributed by atoms with Gasteiger partial charge in [0, 0.05) is 45.2 Å². The molecule has 69 heavy (non-hydrogen) atoms. The Balaban J connectivity index is 1.37. The van der Waals surface area contributed by atoms with E-state index in [1.165, 1.54) is 16.0 Å². The van der Waals surface area contributed by atoms with Crippen LogP contribution in [0.4, 0.5) is 51.2 Å². The van der Waals surface area contributed by atoms with Crippen molar-refractivity contribution in [2.45, 2.75) is 130 Å². The first-order chi connectivity index (χ1) is 36.7. The Morgan fingerprint density at radius 3 is 1.49 bits per heavy atom. The highest BCUT2D eigenvalue weighted by Gasteiger charge is 2.49. The summed E-state index contributed by atoms with van der Waals surface area (Å²) in [5, 5.41) is 0.884. The minimum atomic E-state index is -0.637. The second kappa shape index (κ2) is 15.5. The molecule has 348 valence electrons. The van der Waals surface area contributed by atoms with Gasteiger partial charge in [-0.3, -0.25) is 0 Å². The van der Waals surface area contributed by atoms with Gasteiger partial charge in [-0.1, -0.05) is 163 Å². The molecule has 7 aromatic carbocycles. The molecule has 0 spiro atoms. The summed E-state index contributed by atoms with van der Waals surface area (Å²) in [5.74, 6) is 0. The monoisotopic (exact) mass is 916 g/mol. The molecule has 0 fully saturated rings. The third-order valence-electron chi connectivity index (χ3n) is 15.1. The van der Waals surface area contributed by atoms with Crippen molar-refractivity contribution in [2.75, 3.05) is 14.7 Å². The standard InChI is InChI=1S/C64H68BN3O/c1-60(2,3)41-24-29-46(30-25-41)67-53-40-51-50(63(10,11)34-35-64(51,12)13)39-52(53)65-57-54(67)37-48(66(44-20-16-14-17-21-44)45-22-18-15-19-23-45)38-55(57)68(47-31-26-42(27-32-47)61(4,5)6)58-49-36-43(62(7,8)9)28-33-56(49)69-59(58)65/h14-33,36-40H,34-35H2,1-13H3/i14D,15D,16D,17D,18D,19D,20D,21D,22D,23D. The molecule has 0 saturated carbocycles. The van der Waals surface area contributed by atoms with Crippen molar-refractivity contribution >= 4 is 85.5 Å². The van der Waals surface area contributed by atoms with Crippen LogP contribution in [0.15, 0.2) is 156 Å². The first-order valence-corrected chi connectivity index (χ1v) is 24.4. The molecule has 1 aliphatic carbocycles. The van der Waals surface area contributed by atoms with Crippen LogP contribution in [-0.4, -0.2) is 6.71 Å². The van der Waals surface area contributed by atoms with Crippen LogP contribution < -0.4 is 31.3 Å². The Labute approximate surface area is 426 Å². The van der Waals surface area contributed by atoms with E-state index in [9.17, 15) is 5.48 Å². The second-order valence-electron chi connectivity index (χ2n) is 23.9. The molecule has 0 bridgehead atoms. The van der Waals surface area contributed by atoms with Gasteiger partial charge in [0.1, 0.15) is 5.58 Å². The predicted molar refractivity (Wildman–Crippen MR) is 296 cm³/mol. The third kappa shape index (κ3) is 7.42. The molecule has 2 aliphatic heterocycles. The SMILES string of the molecule is [2H]c1c([2H])c([2H])c(N(c2cc3c4c(c2)N(c2ccc(C(C)(C)C)cc2)c2c(oc5ccc(C(C)(C)C)cc25)B4c2cc4c(cc2N3c2ccc(C(C)(C)C)cc2)C(C)(C)CCC4(C)C)c2c([2H])c([2H])c([2H])c([2H])c2[2H])c([2H])c1[2H]. The van der Waals surface area contributed by atoms with Crippen LogP contribution in [0.1, 0.15) is 144 Å². The van der Waals surface area contributed by atoms with Crippen LogP contribution in [0.25, 0.3) is 11.0 Å². The number of hydrogen-bond donors (Lipinski definition) is 0. The summed E-state index contributed by atoms with van der Waals surface area (Å²) in [5.41, 5.74) is 12.4. The average Bonchev–Trinajstić information content (AvgIpc) is 4.01. The molecular weight excluding hydrogens is 838 g/mol. The fraction of sp³-hybridized carbons (Fsp3) is 0.312. The van der Waals surface area contributed by atoms with Crippen LogP contribution in [0, 0.1) is 0 Å². The molecule has 4 nitrogen and oxygen atoms in total. The lowest BCUT2D eigenvalue weighted by molar-refractivity contribution is 0.332. The number of hydrogen-bond acceptors (Lipinski definition) is 4. The molecule has 0 N–H and O–H groups in total. The Hall–Kier alpha value is -6.46. The van der Waals surface area contributed by atoms with E-state index in [0.29, 0.717) is 17.0 Å². The van der Waals surface area contributed by atoms with Crippen molar-refractivity contribution in [1.82, 2.24) is 0 Å². The van der Waals surface area contributed by atoms with Gasteiger partial charge in [0.2, 0.25) is 0 Å². The number of benzene rings is 7. The van der Waals surface area contributed by atoms with Crippen molar-refractivity contribution in [3.63, 3.8) is 0 Å². The van der Waals surface area contributed by atoms with E-state index in [2.05, 4.69) is 179 Å². The van der Waals surface area contributed by atoms with Crippen LogP contribution in [0.5, 0.6) is 0 Å². The largest absolute Gasteiger partial charge is 0.468 e. The lowest BCUT2D eigenvalue weighted by Crippen LogP contribution is -2.61. The smallest absolute Gasteiger partial charge is 0.297 e. The summed E-state index contributed by atoms with van der Waals surface area (Å²) in [7, 11) is 0. The molecule has 0 saturated heterocycles. The Kier molecular flexibility index (Phi) is 7.82. The topological polar surface area (TPSA) is 22.9 Å². The summed E-state index contributed by atoms with van der Waals surface area (Å²) in [4.78, 5) is 5.76. The number of fused-ring (bicyclic) bond motifs is 7. The number of para-hydroxylation sites is 2. The fourth-order valence-corrected chi connectivity index (χ4v) is 11.0. The maximum absolute atomic E-state index is 9.56. The fourth-order valence-electron chi connectivity index (χ4n) is 11.0. The maximum Gasteiger partial charge on any atom is 0.297 e. The average molecular weight is 916 g/mol. The lowest BCUT2D eigenvalue weighted by atomic mass is 9.35. The van der Waals surface area contributed by atoms with E-state index >= 15 is 0 Å². The van der Waals surface area contributed by atoms with Crippen molar-refractivity contribution < 1.29 is 18.1 Å². The summed E-state index contributed by atoms with van der Waals surface area (Å²) < 4.78 is 99.1. The van der Waals surface area contributed by atoms with E-state index in [1.54, 1.807) is 0 Å². The van der Waals surface area contributed by atoms with Gasteiger partial charge >= 0.3 is 0 Å². The van der Waals surface area contributed by atoms with Crippen molar-refractivity contribution in [3.05, 3.63) is 179 Å². The van der Waals surface area contributed by atoms with E-state index in [1.807, 2.05) is 12.1 Å². The van der Waals surface area contributed by atoms with Gasteiger partial charge in [-0.05, 0) is 157 Å². The molecule has 0 atom stereocenters. The van der Waals surface area contributed by atoms with Gasteiger partial charge in [0.15, 0.2) is 0 Å². The Bertz CT molecular complexity index is 3760. The zero-order valence-electron chi connectivity index (χ0n) is 52.4. The molecule has 0 amide bonds. The van der Waals surface area contributed by atoms with Crippen LogP contribution in [0.3, 0.4) is 0 Å².